The van der Waals surface area contributed by atoms with Crippen molar-refractivity contribution in [1.82, 2.24) is 10.2 Å². The van der Waals surface area contributed by atoms with E-state index in [1.165, 1.54) is 12.5 Å². The maximum absolute atomic E-state index is 12.4. The van der Waals surface area contributed by atoms with Crippen molar-refractivity contribution in [2.24, 2.45) is 0 Å². The van der Waals surface area contributed by atoms with Crippen molar-refractivity contribution >= 4 is 17.5 Å². The zero-order valence-corrected chi connectivity index (χ0v) is 14.4. The monoisotopic (exact) mass is 337 g/mol. The normalized spacial score (nSPS) is 17.2. The number of nitrogens with one attached hydrogen (secondary N) is 2. The number of carbonyl (C=O) groups excluding carboxylic acids is 2. The summed E-state index contributed by atoms with van der Waals surface area (Å²) in [5, 5.41) is 5.80. The van der Waals surface area contributed by atoms with E-state index < -0.39 is 0 Å². The Balaban J connectivity index is 1.51. The van der Waals surface area contributed by atoms with Gasteiger partial charge >= 0.3 is 0 Å². The summed E-state index contributed by atoms with van der Waals surface area (Å²) in [6.45, 7) is 4.23. The lowest BCUT2D eigenvalue weighted by molar-refractivity contribution is -0.114. The van der Waals surface area contributed by atoms with Crippen LogP contribution >= 0.6 is 0 Å². The predicted octanol–water partition coefficient (Wildman–Crippen LogP) is 2.65. The van der Waals surface area contributed by atoms with Crippen LogP contribution in [0.1, 0.15) is 29.3 Å². The molecule has 0 aromatic heterocycles. The van der Waals surface area contributed by atoms with E-state index in [1.54, 1.807) is 24.3 Å². The molecule has 3 rings (SSSR count). The number of hydrogen-bond donors (Lipinski definition) is 2. The van der Waals surface area contributed by atoms with E-state index >= 15 is 0 Å². The van der Waals surface area contributed by atoms with Gasteiger partial charge in [-0.2, -0.15) is 0 Å². The number of amides is 2. The number of carbonyl (C=O) groups is 2. The van der Waals surface area contributed by atoms with E-state index in [9.17, 15) is 9.59 Å². The topological polar surface area (TPSA) is 61.4 Å². The van der Waals surface area contributed by atoms with Crippen LogP contribution in [0.15, 0.2) is 54.6 Å². The summed E-state index contributed by atoms with van der Waals surface area (Å²) in [4.78, 5) is 25.8. The van der Waals surface area contributed by atoms with Gasteiger partial charge in [-0.25, -0.2) is 0 Å². The molecule has 2 amide bonds. The van der Waals surface area contributed by atoms with Gasteiger partial charge in [0.15, 0.2) is 0 Å². The highest BCUT2D eigenvalue weighted by Gasteiger charge is 2.24. The van der Waals surface area contributed by atoms with Gasteiger partial charge in [-0.15, -0.1) is 0 Å². The molecule has 1 aliphatic rings. The number of rotatable bonds is 5. The molecule has 1 heterocycles. The Bertz CT molecular complexity index is 728. The minimum atomic E-state index is -0.123. The maximum Gasteiger partial charge on any atom is 0.251 e. The lowest BCUT2D eigenvalue weighted by atomic mass is 10.1. The molecule has 1 aliphatic heterocycles. The molecule has 0 aliphatic carbocycles. The molecule has 0 bridgehead atoms. The third-order valence-corrected chi connectivity index (χ3v) is 4.32. The number of benzene rings is 2. The first-order chi connectivity index (χ1) is 12.1. The van der Waals surface area contributed by atoms with Crippen LogP contribution in [-0.2, 0) is 11.3 Å². The molecule has 2 aromatic rings. The van der Waals surface area contributed by atoms with Crippen LogP contribution in [0, 0.1) is 0 Å². The standard InChI is InChI=1S/C20H23N3O2/c1-15(24)21-18-9-7-17(8-10-18)20(25)22-19-11-12-23(14-19)13-16-5-3-2-4-6-16/h2-10,19H,11-14H2,1H3,(H,21,24)(H,22,25)/t19-/m1/s1. The smallest absolute Gasteiger partial charge is 0.251 e. The van der Waals surface area contributed by atoms with Crippen LogP contribution in [0.25, 0.3) is 0 Å². The second-order valence-corrected chi connectivity index (χ2v) is 6.44. The van der Waals surface area contributed by atoms with Crippen molar-refractivity contribution in [3.8, 4) is 0 Å². The van der Waals surface area contributed by atoms with Gasteiger partial charge in [0.1, 0.15) is 0 Å². The second kappa shape index (κ2) is 7.94. The zero-order chi connectivity index (χ0) is 17.6. The molecule has 5 nitrogen and oxygen atoms in total. The van der Waals surface area contributed by atoms with Gasteiger partial charge in [-0.1, -0.05) is 30.3 Å². The largest absolute Gasteiger partial charge is 0.348 e. The van der Waals surface area contributed by atoms with Crippen molar-refractivity contribution in [2.45, 2.75) is 25.9 Å². The molecular weight excluding hydrogens is 314 g/mol. The Kier molecular flexibility index (Phi) is 5.46. The first kappa shape index (κ1) is 17.2. The fourth-order valence-corrected chi connectivity index (χ4v) is 3.11. The maximum atomic E-state index is 12.4. The molecule has 2 N–H and O–H groups in total. The molecule has 0 radical (unpaired) electrons. The summed E-state index contributed by atoms with van der Waals surface area (Å²) in [6.07, 6.45) is 0.961. The molecule has 2 aromatic carbocycles. The van der Waals surface area contributed by atoms with Crippen molar-refractivity contribution < 1.29 is 9.59 Å². The molecule has 1 fully saturated rings. The summed E-state index contributed by atoms with van der Waals surface area (Å²) >= 11 is 0. The minimum Gasteiger partial charge on any atom is -0.348 e. The molecule has 130 valence electrons. The van der Waals surface area contributed by atoms with Gasteiger partial charge in [0, 0.05) is 43.9 Å². The van der Waals surface area contributed by atoms with Crippen LogP contribution in [-0.4, -0.2) is 35.8 Å². The molecular formula is C20H23N3O2. The van der Waals surface area contributed by atoms with Crippen LogP contribution < -0.4 is 10.6 Å². The van der Waals surface area contributed by atoms with Gasteiger partial charge in [-0.05, 0) is 36.2 Å². The second-order valence-electron chi connectivity index (χ2n) is 6.44. The molecule has 0 unspecified atom stereocenters. The molecule has 1 saturated heterocycles. The Hall–Kier alpha value is -2.66. The average Bonchev–Trinajstić information content (AvgIpc) is 3.02. The highest BCUT2D eigenvalue weighted by atomic mass is 16.2. The third-order valence-electron chi connectivity index (χ3n) is 4.32. The zero-order valence-electron chi connectivity index (χ0n) is 14.4. The SMILES string of the molecule is CC(=O)Nc1ccc(C(=O)N[C@@H]2CCN(Cc3ccccc3)C2)cc1. The van der Waals surface area contributed by atoms with Gasteiger partial charge < -0.3 is 10.6 Å². The van der Waals surface area contributed by atoms with Gasteiger partial charge in [-0.3, -0.25) is 14.5 Å². The van der Waals surface area contributed by atoms with Crippen molar-refractivity contribution in [1.29, 1.82) is 0 Å². The van der Waals surface area contributed by atoms with Crippen LogP contribution in [0.4, 0.5) is 5.69 Å². The molecule has 0 saturated carbocycles. The molecule has 0 spiro atoms. The van der Waals surface area contributed by atoms with E-state index in [0.717, 1.165) is 26.1 Å². The van der Waals surface area contributed by atoms with Crippen LogP contribution in [0.3, 0.4) is 0 Å². The van der Waals surface area contributed by atoms with Crippen LogP contribution in [0.5, 0.6) is 0 Å². The minimum absolute atomic E-state index is 0.0686. The van der Waals surface area contributed by atoms with E-state index in [-0.39, 0.29) is 17.9 Å². The highest BCUT2D eigenvalue weighted by Crippen LogP contribution is 2.15. The lowest BCUT2D eigenvalue weighted by Gasteiger charge is -2.17. The van der Waals surface area contributed by atoms with E-state index in [1.807, 2.05) is 6.07 Å². The number of hydrogen-bond acceptors (Lipinski definition) is 3. The van der Waals surface area contributed by atoms with Crippen molar-refractivity contribution in [2.75, 3.05) is 18.4 Å². The van der Waals surface area contributed by atoms with Crippen LogP contribution in [0.2, 0.25) is 0 Å². The molecule has 5 heteroatoms. The van der Waals surface area contributed by atoms with E-state index in [4.69, 9.17) is 0 Å². The fraction of sp³-hybridized carbons (Fsp3) is 0.300. The Labute approximate surface area is 148 Å². The molecule has 1 atom stereocenters. The number of likely N-dealkylation sites (tertiary alicyclic amines) is 1. The lowest BCUT2D eigenvalue weighted by Crippen LogP contribution is -2.36. The quantitative estimate of drug-likeness (QED) is 0.882. The number of nitrogens with zero attached hydrogens (tertiary/aromatic N) is 1. The van der Waals surface area contributed by atoms with E-state index in [2.05, 4.69) is 39.8 Å². The van der Waals surface area contributed by atoms with Crippen molar-refractivity contribution in [3.63, 3.8) is 0 Å². The summed E-state index contributed by atoms with van der Waals surface area (Å²) in [5.74, 6) is -0.192. The Morgan fingerprint density at radius 3 is 2.48 bits per heavy atom. The third kappa shape index (κ3) is 4.90. The first-order valence-electron chi connectivity index (χ1n) is 8.55. The Morgan fingerprint density at radius 2 is 1.80 bits per heavy atom. The molecule has 25 heavy (non-hydrogen) atoms. The predicted molar refractivity (Wildman–Crippen MR) is 98.3 cm³/mol. The Morgan fingerprint density at radius 1 is 1.08 bits per heavy atom. The van der Waals surface area contributed by atoms with E-state index in [0.29, 0.717) is 11.3 Å². The van der Waals surface area contributed by atoms with Gasteiger partial charge in [0.2, 0.25) is 5.91 Å². The summed E-state index contributed by atoms with van der Waals surface area (Å²) < 4.78 is 0. The summed E-state index contributed by atoms with van der Waals surface area (Å²) in [5.41, 5.74) is 2.60. The van der Waals surface area contributed by atoms with Gasteiger partial charge in [0.05, 0.1) is 0 Å². The number of anilines is 1. The van der Waals surface area contributed by atoms with Crippen molar-refractivity contribution in [3.05, 3.63) is 65.7 Å². The summed E-state index contributed by atoms with van der Waals surface area (Å²) in [6, 6.07) is 17.5. The highest BCUT2D eigenvalue weighted by molar-refractivity contribution is 5.95. The first-order valence-corrected chi connectivity index (χ1v) is 8.55. The average molecular weight is 337 g/mol. The summed E-state index contributed by atoms with van der Waals surface area (Å²) in [7, 11) is 0. The van der Waals surface area contributed by atoms with Gasteiger partial charge in [0.25, 0.3) is 5.91 Å². The fourth-order valence-electron chi connectivity index (χ4n) is 3.11.